The number of nitrogens with zero attached hydrogens (tertiary/aromatic N) is 3. The molecule has 1 saturated heterocycles. The summed E-state index contributed by atoms with van der Waals surface area (Å²) in [5.41, 5.74) is 0. The molecule has 1 aromatic rings. The standard InChI is InChI=1S/C11H16N6O3/c1-3-20-11-16-9(12-2)15-10(17-11)13-6-4-5-7(18)14-8(6)19/h6H,3-5H2,1-2H3,(H,14,18,19)(H2,12,13,15,16,17). The van der Waals surface area contributed by atoms with Gasteiger partial charge in [0.2, 0.25) is 23.7 Å². The van der Waals surface area contributed by atoms with Gasteiger partial charge in [0.25, 0.3) is 0 Å². The van der Waals surface area contributed by atoms with Crippen molar-refractivity contribution in [1.82, 2.24) is 20.3 Å². The summed E-state index contributed by atoms with van der Waals surface area (Å²) >= 11 is 0. The smallest absolute Gasteiger partial charge is 0.323 e. The van der Waals surface area contributed by atoms with Gasteiger partial charge in [0.05, 0.1) is 6.61 Å². The molecule has 2 rings (SSSR count). The average Bonchev–Trinajstić information content (AvgIpc) is 2.42. The van der Waals surface area contributed by atoms with Crippen molar-refractivity contribution in [2.24, 2.45) is 0 Å². The highest BCUT2D eigenvalue weighted by Crippen LogP contribution is 2.14. The van der Waals surface area contributed by atoms with Crippen LogP contribution in [0.25, 0.3) is 0 Å². The lowest BCUT2D eigenvalue weighted by Gasteiger charge is -2.21. The van der Waals surface area contributed by atoms with Gasteiger partial charge in [-0.25, -0.2) is 0 Å². The number of carbonyl (C=O) groups excluding carboxylic acids is 2. The molecule has 108 valence electrons. The Kier molecular flexibility index (Phi) is 4.28. The number of hydrogen-bond donors (Lipinski definition) is 3. The molecule has 1 atom stereocenters. The predicted molar refractivity (Wildman–Crippen MR) is 70.3 cm³/mol. The van der Waals surface area contributed by atoms with Gasteiger partial charge in [-0.1, -0.05) is 0 Å². The maximum Gasteiger partial charge on any atom is 0.323 e. The summed E-state index contributed by atoms with van der Waals surface area (Å²) < 4.78 is 5.23. The van der Waals surface area contributed by atoms with E-state index >= 15 is 0 Å². The molecule has 1 fully saturated rings. The first kappa shape index (κ1) is 14.0. The Balaban J connectivity index is 2.13. The minimum Gasteiger partial charge on any atom is -0.464 e. The second-order valence-corrected chi connectivity index (χ2v) is 4.10. The van der Waals surface area contributed by atoms with Crippen LogP contribution in [0.1, 0.15) is 19.8 Å². The third-order valence-electron chi connectivity index (χ3n) is 2.65. The first-order valence-electron chi connectivity index (χ1n) is 6.29. The number of hydrogen-bond acceptors (Lipinski definition) is 8. The van der Waals surface area contributed by atoms with Gasteiger partial charge in [0.15, 0.2) is 0 Å². The van der Waals surface area contributed by atoms with Crippen molar-refractivity contribution >= 4 is 23.7 Å². The molecule has 2 heterocycles. The molecule has 1 aliphatic rings. The number of carbonyl (C=O) groups is 2. The van der Waals surface area contributed by atoms with E-state index in [9.17, 15) is 9.59 Å². The van der Waals surface area contributed by atoms with Gasteiger partial charge in [-0.15, -0.1) is 0 Å². The van der Waals surface area contributed by atoms with Crippen LogP contribution in [0.4, 0.5) is 11.9 Å². The summed E-state index contributed by atoms with van der Waals surface area (Å²) in [6.45, 7) is 2.24. The van der Waals surface area contributed by atoms with Crippen molar-refractivity contribution in [3.63, 3.8) is 0 Å². The number of rotatable bonds is 5. The maximum atomic E-state index is 11.7. The summed E-state index contributed by atoms with van der Waals surface area (Å²) in [5, 5.41) is 7.92. The molecule has 20 heavy (non-hydrogen) atoms. The van der Waals surface area contributed by atoms with E-state index in [1.54, 1.807) is 7.05 Å². The lowest BCUT2D eigenvalue weighted by atomic mass is 10.1. The highest BCUT2D eigenvalue weighted by atomic mass is 16.5. The van der Waals surface area contributed by atoms with Gasteiger partial charge < -0.3 is 15.4 Å². The van der Waals surface area contributed by atoms with Gasteiger partial charge in [0.1, 0.15) is 6.04 Å². The first-order valence-corrected chi connectivity index (χ1v) is 6.29. The third kappa shape index (κ3) is 3.31. The van der Waals surface area contributed by atoms with Crippen LogP contribution >= 0.6 is 0 Å². The van der Waals surface area contributed by atoms with Crippen molar-refractivity contribution in [3.05, 3.63) is 0 Å². The lowest BCUT2D eigenvalue weighted by Crippen LogP contribution is -2.47. The molecule has 0 aliphatic carbocycles. The number of amides is 2. The highest BCUT2D eigenvalue weighted by Gasteiger charge is 2.27. The van der Waals surface area contributed by atoms with Crippen molar-refractivity contribution in [2.75, 3.05) is 24.3 Å². The van der Waals surface area contributed by atoms with E-state index in [0.717, 1.165) is 0 Å². The first-order chi connectivity index (χ1) is 9.62. The number of piperidine rings is 1. The van der Waals surface area contributed by atoms with E-state index in [1.165, 1.54) is 0 Å². The third-order valence-corrected chi connectivity index (χ3v) is 2.65. The lowest BCUT2D eigenvalue weighted by molar-refractivity contribution is -0.133. The van der Waals surface area contributed by atoms with Gasteiger partial charge >= 0.3 is 6.01 Å². The van der Waals surface area contributed by atoms with Gasteiger partial charge in [-0.2, -0.15) is 15.0 Å². The molecule has 9 heteroatoms. The zero-order valence-electron chi connectivity index (χ0n) is 11.3. The van der Waals surface area contributed by atoms with E-state index in [4.69, 9.17) is 4.74 Å². The average molecular weight is 280 g/mol. The van der Waals surface area contributed by atoms with Crippen LogP contribution in [0.15, 0.2) is 0 Å². The van der Waals surface area contributed by atoms with Crippen LogP contribution < -0.4 is 20.7 Å². The fourth-order valence-electron chi connectivity index (χ4n) is 1.71. The normalized spacial score (nSPS) is 18.4. The molecule has 1 aliphatic heterocycles. The molecule has 0 bridgehead atoms. The number of ether oxygens (including phenoxy) is 1. The zero-order chi connectivity index (χ0) is 14.5. The molecule has 2 amide bonds. The monoisotopic (exact) mass is 280 g/mol. The summed E-state index contributed by atoms with van der Waals surface area (Å²) in [6, 6.07) is -0.379. The van der Waals surface area contributed by atoms with Gasteiger partial charge in [-0.05, 0) is 13.3 Å². The van der Waals surface area contributed by atoms with E-state index < -0.39 is 6.04 Å². The van der Waals surface area contributed by atoms with Crippen LogP contribution in [-0.4, -0.2) is 46.5 Å². The van der Waals surface area contributed by atoms with Crippen molar-refractivity contribution in [2.45, 2.75) is 25.8 Å². The fourth-order valence-corrected chi connectivity index (χ4v) is 1.71. The van der Waals surface area contributed by atoms with Gasteiger partial charge in [-0.3, -0.25) is 14.9 Å². The zero-order valence-corrected chi connectivity index (χ0v) is 11.3. The van der Waals surface area contributed by atoms with Crippen LogP contribution in [0.3, 0.4) is 0 Å². The van der Waals surface area contributed by atoms with Crippen LogP contribution in [0, 0.1) is 0 Å². The highest BCUT2D eigenvalue weighted by molar-refractivity contribution is 6.01. The Morgan fingerprint density at radius 3 is 2.70 bits per heavy atom. The Labute approximate surface area is 115 Å². The largest absolute Gasteiger partial charge is 0.464 e. The van der Waals surface area contributed by atoms with Crippen molar-refractivity contribution < 1.29 is 14.3 Å². The number of anilines is 2. The number of aromatic nitrogens is 3. The maximum absolute atomic E-state index is 11.7. The molecular formula is C11H16N6O3. The van der Waals surface area contributed by atoms with Gasteiger partial charge in [0, 0.05) is 13.5 Å². The summed E-state index contributed by atoms with van der Waals surface area (Å²) in [4.78, 5) is 34.9. The minimum absolute atomic E-state index is 0.168. The molecule has 0 spiro atoms. The van der Waals surface area contributed by atoms with Crippen LogP contribution in [0.5, 0.6) is 6.01 Å². The Morgan fingerprint density at radius 1 is 1.30 bits per heavy atom. The van der Waals surface area contributed by atoms with Crippen LogP contribution in [0.2, 0.25) is 0 Å². The van der Waals surface area contributed by atoms with E-state index in [2.05, 4.69) is 30.9 Å². The van der Waals surface area contributed by atoms with Crippen LogP contribution in [-0.2, 0) is 9.59 Å². The van der Waals surface area contributed by atoms with Crippen molar-refractivity contribution in [1.29, 1.82) is 0 Å². The fraction of sp³-hybridized carbons (Fsp3) is 0.545. The minimum atomic E-state index is -0.547. The van der Waals surface area contributed by atoms with Crippen molar-refractivity contribution in [3.8, 4) is 6.01 Å². The topological polar surface area (TPSA) is 118 Å². The molecule has 0 aromatic carbocycles. The quantitative estimate of drug-likeness (QED) is 0.619. The van der Waals surface area contributed by atoms with E-state index in [1.807, 2.05) is 6.92 Å². The molecule has 9 nitrogen and oxygen atoms in total. The molecular weight excluding hydrogens is 264 g/mol. The summed E-state index contributed by atoms with van der Waals surface area (Å²) in [5.74, 6) is -0.0965. The summed E-state index contributed by atoms with van der Waals surface area (Å²) in [7, 11) is 1.67. The predicted octanol–water partition coefficient (Wildman–Crippen LogP) is -0.471. The Hall–Kier alpha value is -2.45. The molecule has 3 N–H and O–H groups in total. The number of imide groups is 1. The Morgan fingerprint density at radius 2 is 2.05 bits per heavy atom. The number of nitrogens with one attached hydrogen (secondary N) is 3. The second-order valence-electron chi connectivity index (χ2n) is 4.10. The second kappa shape index (κ2) is 6.13. The molecule has 1 aromatic heterocycles. The van der Waals surface area contributed by atoms with E-state index in [-0.39, 0.29) is 30.2 Å². The molecule has 0 radical (unpaired) electrons. The Bertz CT molecular complexity index is 521. The SMILES string of the molecule is CCOc1nc(NC)nc(NC2CCC(=O)NC2=O)n1. The molecule has 1 unspecified atom stereocenters. The summed E-state index contributed by atoms with van der Waals surface area (Å²) in [6.07, 6.45) is 0.681. The molecule has 0 saturated carbocycles. The van der Waals surface area contributed by atoms with E-state index in [0.29, 0.717) is 19.0 Å².